The fraction of sp³-hybridized carbons (Fsp3) is 0.263. The Hall–Kier alpha value is -2.40. The number of thiazole rings is 1. The molecule has 3 aromatic rings. The molecule has 0 unspecified atom stereocenters. The summed E-state index contributed by atoms with van der Waals surface area (Å²) in [4.78, 5) is 16.9. The van der Waals surface area contributed by atoms with Crippen LogP contribution in [0.5, 0.6) is 0 Å². The lowest BCUT2D eigenvalue weighted by atomic mass is 10.1. The third-order valence-corrected chi connectivity index (χ3v) is 4.88. The van der Waals surface area contributed by atoms with Crippen molar-refractivity contribution in [1.82, 2.24) is 10.3 Å². The molecular weight excluding hydrogens is 320 g/mol. The highest BCUT2D eigenvalue weighted by atomic mass is 32.1. The average Bonchev–Trinajstić information content (AvgIpc) is 3.09. The van der Waals surface area contributed by atoms with Gasteiger partial charge in [-0.15, -0.1) is 11.3 Å². The maximum atomic E-state index is 12.4. The third kappa shape index (κ3) is 3.26. The van der Waals surface area contributed by atoms with E-state index >= 15 is 0 Å². The largest absolute Gasteiger partial charge is 0.466 e. The molecule has 124 valence electrons. The normalized spacial score (nSPS) is 10.8. The Bertz CT molecular complexity index is 875. The number of furan rings is 1. The minimum absolute atomic E-state index is 0.0962. The molecule has 0 fully saturated rings. The molecule has 0 atom stereocenters. The number of carbonyl (C=O) groups is 1. The number of nitrogens with one attached hydrogen (secondary N) is 1. The number of hydrogen-bond donors (Lipinski definition) is 1. The number of rotatable bonds is 4. The molecule has 1 aromatic carbocycles. The van der Waals surface area contributed by atoms with Gasteiger partial charge in [-0.25, -0.2) is 4.98 Å². The van der Waals surface area contributed by atoms with Crippen LogP contribution in [-0.4, -0.2) is 10.9 Å². The fourth-order valence-electron chi connectivity index (χ4n) is 2.69. The Labute approximate surface area is 145 Å². The van der Waals surface area contributed by atoms with Crippen LogP contribution in [0.2, 0.25) is 0 Å². The smallest absolute Gasteiger partial charge is 0.255 e. The molecule has 0 saturated heterocycles. The van der Waals surface area contributed by atoms with Gasteiger partial charge in [-0.05, 0) is 33.3 Å². The molecule has 3 rings (SSSR count). The molecule has 0 aliphatic rings. The van der Waals surface area contributed by atoms with E-state index in [0.717, 1.165) is 33.2 Å². The van der Waals surface area contributed by atoms with Crippen molar-refractivity contribution in [3.8, 4) is 11.3 Å². The molecule has 5 heteroatoms. The van der Waals surface area contributed by atoms with Gasteiger partial charge in [-0.1, -0.05) is 24.3 Å². The van der Waals surface area contributed by atoms with E-state index in [9.17, 15) is 4.79 Å². The van der Waals surface area contributed by atoms with Crippen LogP contribution < -0.4 is 5.32 Å². The molecule has 0 radical (unpaired) electrons. The van der Waals surface area contributed by atoms with E-state index in [1.165, 1.54) is 0 Å². The molecule has 24 heavy (non-hydrogen) atoms. The van der Waals surface area contributed by atoms with E-state index in [-0.39, 0.29) is 5.91 Å². The van der Waals surface area contributed by atoms with Crippen LogP contribution in [0.4, 0.5) is 0 Å². The standard InChI is InChI=1S/C19H20N2O2S/c1-11-12(2)23-13(3)18(11)19(22)20-9-15-5-7-16(8-6-15)17-10-24-14(4)21-17/h5-8,10H,9H2,1-4H3,(H,20,22). The van der Waals surface area contributed by atoms with Gasteiger partial charge in [0.05, 0.1) is 16.3 Å². The molecule has 1 N–H and O–H groups in total. The van der Waals surface area contributed by atoms with E-state index in [1.54, 1.807) is 11.3 Å². The van der Waals surface area contributed by atoms with Gasteiger partial charge in [0, 0.05) is 23.1 Å². The molecule has 4 nitrogen and oxygen atoms in total. The van der Waals surface area contributed by atoms with Crippen molar-refractivity contribution in [2.75, 3.05) is 0 Å². The molecule has 0 aliphatic carbocycles. The second-order valence-corrected chi connectivity index (χ2v) is 6.91. The van der Waals surface area contributed by atoms with Crippen LogP contribution >= 0.6 is 11.3 Å². The fourth-order valence-corrected chi connectivity index (χ4v) is 3.31. The Morgan fingerprint density at radius 3 is 2.38 bits per heavy atom. The zero-order chi connectivity index (χ0) is 17.3. The Kier molecular flexibility index (Phi) is 4.53. The van der Waals surface area contributed by atoms with Crippen molar-refractivity contribution < 1.29 is 9.21 Å². The van der Waals surface area contributed by atoms with E-state index in [2.05, 4.69) is 15.7 Å². The number of aromatic nitrogens is 1. The van der Waals surface area contributed by atoms with Crippen molar-refractivity contribution in [1.29, 1.82) is 0 Å². The van der Waals surface area contributed by atoms with Gasteiger partial charge in [0.25, 0.3) is 5.91 Å². The number of benzene rings is 1. The second kappa shape index (κ2) is 6.61. The summed E-state index contributed by atoms with van der Waals surface area (Å²) in [5.74, 6) is 1.36. The van der Waals surface area contributed by atoms with Crippen molar-refractivity contribution >= 4 is 17.2 Å². The maximum Gasteiger partial charge on any atom is 0.255 e. The molecule has 0 bridgehead atoms. The summed E-state index contributed by atoms with van der Waals surface area (Å²) in [5, 5.41) is 6.07. The minimum Gasteiger partial charge on any atom is -0.466 e. The predicted octanol–water partition coefficient (Wildman–Crippen LogP) is 4.57. The van der Waals surface area contributed by atoms with Gasteiger partial charge in [0.15, 0.2) is 0 Å². The number of hydrogen-bond acceptors (Lipinski definition) is 4. The van der Waals surface area contributed by atoms with Gasteiger partial charge in [0.1, 0.15) is 11.5 Å². The predicted molar refractivity (Wildman–Crippen MR) is 96.4 cm³/mol. The average molecular weight is 340 g/mol. The number of aryl methyl sites for hydroxylation is 3. The maximum absolute atomic E-state index is 12.4. The first-order valence-electron chi connectivity index (χ1n) is 7.82. The van der Waals surface area contributed by atoms with Crippen LogP contribution in [0.25, 0.3) is 11.3 Å². The monoisotopic (exact) mass is 340 g/mol. The lowest BCUT2D eigenvalue weighted by Gasteiger charge is -2.06. The van der Waals surface area contributed by atoms with E-state index in [1.807, 2.05) is 52.0 Å². The zero-order valence-electron chi connectivity index (χ0n) is 14.3. The molecule has 1 amide bonds. The summed E-state index contributed by atoms with van der Waals surface area (Å²) in [6.07, 6.45) is 0. The highest BCUT2D eigenvalue weighted by molar-refractivity contribution is 7.09. The summed E-state index contributed by atoms with van der Waals surface area (Å²) in [6.45, 7) is 8.08. The topological polar surface area (TPSA) is 55.1 Å². The Morgan fingerprint density at radius 2 is 1.83 bits per heavy atom. The first-order valence-corrected chi connectivity index (χ1v) is 8.70. The summed E-state index contributed by atoms with van der Waals surface area (Å²) in [6, 6.07) is 8.11. The summed E-state index contributed by atoms with van der Waals surface area (Å²) < 4.78 is 5.52. The van der Waals surface area contributed by atoms with E-state index in [4.69, 9.17) is 4.42 Å². The van der Waals surface area contributed by atoms with Gasteiger partial charge < -0.3 is 9.73 Å². The van der Waals surface area contributed by atoms with Gasteiger partial charge in [-0.2, -0.15) is 0 Å². The SMILES string of the molecule is Cc1nc(-c2ccc(CNC(=O)c3c(C)oc(C)c3C)cc2)cs1. The van der Waals surface area contributed by atoms with Crippen LogP contribution in [0.1, 0.15) is 38.0 Å². The summed E-state index contributed by atoms with van der Waals surface area (Å²) in [7, 11) is 0. The third-order valence-electron chi connectivity index (χ3n) is 4.11. The molecule has 2 heterocycles. The van der Waals surface area contributed by atoms with Crippen LogP contribution in [0, 0.1) is 27.7 Å². The zero-order valence-corrected chi connectivity index (χ0v) is 15.1. The lowest BCUT2D eigenvalue weighted by Crippen LogP contribution is -2.23. The first-order chi connectivity index (χ1) is 11.5. The minimum atomic E-state index is -0.0962. The highest BCUT2D eigenvalue weighted by Crippen LogP contribution is 2.22. The summed E-state index contributed by atoms with van der Waals surface area (Å²) in [5.41, 5.74) is 4.68. The van der Waals surface area contributed by atoms with Crippen LogP contribution in [0.15, 0.2) is 34.1 Å². The Balaban J connectivity index is 1.67. The van der Waals surface area contributed by atoms with Crippen LogP contribution in [0.3, 0.4) is 0 Å². The van der Waals surface area contributed by atoms with Gasteiger partial charge in [-0.3, -0.25) is 4.79 Å². The number of nitrogens with zero attached hydrogens (tertiary/aromatic N) is 1. The highest BCUT2D eigenvalue weighted by Gasteiger charge is 2.18. The molecule has 0 spiro atoms. The molecular formula is C19H20N2O2S. The number of amides is 1. The van der Waals surface area contributed by atoms with Crippen molar-refractivity contribution in [2.45, 2.75) is 34.2 Å². The van der Waals surface area contributed by atoms with Crippen molar-refractivity contribution in [2.24, 2.45) is 0 Å². The van der Waals surface area contributed by atoms with E-state index < -0.39 is 0 Å². The van der Waals surface area contributed by atoms with Crippen molar-refractivity contribution in [3.63, 3.8) is 0 Å². The Morgan fingerprint density at radius 1 is 1.12 bits per heavy atom. The quantitative estimate of drug-likeness (QED) is 0.757. The van der Waals surface area contributed by atoms with E-state index in [0.29, 0.717) is 17.9 Å². The number of carbonyl (C=O) groups excluding carboxylic acids is 1. The van der Waals surface area contributed by atoms with Gasteiger partial charge >= 0.3 is 0 Å². The van der Waals surface area contributed by atoms with Gasteiger partial charge in [0.2, 0.25) is 0 Å². The summed E-state index contributed by atoms with van der Waals surface area (Å²) >= 11 is 1.64. The lowest BCUT2D eigenvalue weighted by molar-refractivity contribution is 0.0949. The molecule has 0 aliphatic heterocycles. The van der Waals surface area contributed by atoms with Crippen LogP contribution in [-0.2, 0) is 6.54 Å². The molecule has 0 saturated carbocycles. The second-order valence-electron chi connectivity index (χ2n) is 5.85. The molecule has 2 aromatic heterocycles. The first kappa shape index (κ1) is 16.5. The van der Waals surface area contributed by atoms with Crippen molar-refractivity contribution in [3.05, 3.63) is 62.9 Å².